The molecule has 0 aliphatic carbocycles. The molecule has 0 heterocycles. The van der Waals surface area contributed by atoms with Crippen molar-refractivity contribution in [1.29, 1.82) is 0 Å². The zero-order chi connectivity index (χ0) is 18.4. The SMILES string of the molecule is C=C(C)C(=O)OCCC=S.C=C(CC=C(C)C(=O)O)C(=O)OC. The van der Waals surface area contributed by atoms with Gasteiger partial charge in [0.15, 0.2) is 0 Å². The molecule has 0 saturated heterocycles. The largest absolute Gasteiger partial charge is 0.478 e. The van der Waals surface area contributed by atoms with E-state index in [-0.39, 0.29) is 23.5 Å². The lowest BCUT2D eigenvalue weighted by Crippen LogP contribution is -2.05. The lowest BCUT2D eigenvalue weighted by molar-refractivity contribution is -0.138. The number of hydrogen-bond acceptors (Lipinski definition) is 6. The number of esters is 2. The summed E-state index contributed by atoms with van der Waals surface area (Å²) < 4.78 is 9.10. The zero-order valence-corrected chi connectivity index (χ0v) is 14.4. The summed E-state index contributed by atoms with van der Waals surface area (Å²) in [6, 6.07) is 0. The summed E-state index contributed by atoms with van der Waals surface area (Å²) in [5.74, 6) is -1.87. The smallest absolute Gasteiger partial charge is 0.333 e. The average Bonchev–Trinajstić information content (AvgIpc) is 2.51. The minimum absolute atomic E-state index is 0.185. The molecule has 128 valence electrons. The van der Waals surface area contributed by atoms with Crippen LogP contribution in [-0.4, -0.2) is 42.1 Å². The van der Waals surface area contributed by atoms with Crippen LogP contribution in [0.1, 0.15) is 26.7 Å². The van der Waals surface area contributed by atoms with E-state index in [1.54, 1.807) is 6.92 Å². The maximum atomic E-state index is 10.8. The van der Waals surface area contributed by atoms with Crippen LogP contribution in [0.3, 0.4) is 0 Å². The number of rotatable bonds is 8. The minimum Gasteiger partial charge on any atom is -0.478 e. The number of aliphatic carboxylic acids is 1. The number of carboxylic acids is 1. The molecule has 0 amide bonds. The first-order valence-electron chi connectivity index (χ1n) is 6.59. The molecule has 6 nitrogen and oxygen atoms in total. The molecule has 0 aliphatic rings. The molecule has 23 heavy (non-hydrogen) atoms. The van der Waals surface area contributed by atoms with Crippen molar-refractivity contribution < 1.29 is 29.0 Å². The molecule has 0 unspecified atom stereocenters. The maximum Gasteiger partial charge on any atom is 0.333 e. The van der Waals surface area contributed by atoms with E-state index in [9.17, 15) is 14.4 Å². The highest BCUT2D eigenvalue weighted by Crippen LogP contribution is 2.04. The molecule has 0 rings (SSSR count). The summed E-state index contributed by atoms with van der Waals surface area (Å²) in [5.41, 5.74) is 0.845. The third kappa shape index (κ3) is 13.1. The number of allylic oxidation sites excluding steroid dienone is 1. The van der Waals surface area contributed by atoms with Crippen molar-refractivity contribution in [3.63, 3.8) is 0 Å². The molecular weight excluding hydrogens is 320 g/mol. The predicted octanol–water partition coefficient (Wildman–Crippen LogP) is 2.63. The monoisotopic (exact) mass is 342 g/mol. The van der Waals surface area contributed by atoms with Crippen molar-refractivity contribution in [2.75, 3.05) is 13.7 Å². The highest BCUT2D eigenvalue weighted by atomic mass is 32.1. The van der Waals surface area contributed by atoms with Crippen LogP contribution in [0.2, 0.25) is 0 Å². The molecule has 1 N–H and O–H groups in total. The van der Waals surface area contributed by atoms with E-state index in [4.69, 9.17) is 9.84 Å². The van der Waals surface area contributed by atoms with Gasteiger partial charge < -0.3 is 14.6 Å². The molecule has 0 fully saturated rings. The second-order valence-corrected chi connectivity index (χ2v) is 4.70. The molecule has 7 heteroatoms. The van der Waals surface area contributed by atoms with E-state index in [0.29, 0.717) is 18.6 Å². The van der Waals surface area contributed by atoms with Crippen molar-refractivity contribution >= 4 is 35.5 Å². The van der Waals surface area contributed by atoms with Gasteiger partial charge in [-0.15, -0.1) is 0 Å². The summed E-state index contributed by atoms with van der Waals surface area (Å²) in [5, 5.41) is 10.0. The first kappa shape index (κ1) is 23.0. The van der Waals surface area contributed by atoms with Gasteiger partial charge in [-0.1, -0.05) is 31.5 Å². The third-order valence-electron chi connectivity index (χ3n) is 2.28. The van der Waals surface area contributed by atoms with Crippen molar-refractivity contribution in [2.45, 2.75) is 26.7 Å². The highest BCUT2D eigenvalue weighted by molar-refractivity contribution is 7.78. The zero-order valence-electron chi connectivity index (χ0n) is 13.6. The number of carboxylic acid groups (broad SMARTS) is 1. The van der Waals surface area contributed by atoms with Gasteiger partial charge in [0.2, 0.25) is 0 Å². The maximum absolute atomic E-state index is 10.8. The van der Waals surface area contributed by atoms with Gasteiger partial charge in [-0.3, -0.25) is 0 Å². The lowest BCUT2D eigenvalue weighted by Gasteiger charge is -1.99. The fourth-order valence-electron chi connectivity index (χ4n) is 0.914. The Morgan fingerprint density at radius 2 is 1.74 bits per heavy atom. The normalized spacial score (nSPS) is 9.78. The standard InChI is InChI=1S/C9H12O4.C7H10O2S/c1-6(8(10)11)4-5-7(2)9(12)13-3;1-6(2)7(8)9-4-3-5-10/h4H,2,5H2,1,3H3,(H,10,11);5H,1,3-4H2,2H3. The Labute approximate surface area is 141 Å². The topological polar surface area (TPSA) is 89.9 Å². The average molecular weight is 342 g/mol. The molecular formula is C16H22O6S. The molecule has 0 aromatic heterocycles. The molecule has 0 aromatic rings. The lowest BCUT2D eigenvalue weighted by atomic mass is 10.1. The molecule has 0 atom stereocenters. The molecule has 0 saturated carbocycles. The number of hydrogen-bond donors (Lipinski definition) is 1. The van der Waals surface area contributed by atoms with Gasteiger partial charge in [-0.2, -0.15) is 0 Å². The number of thiocarbonyl (C=S) groups is 1. The van der Waals surface area contributed by atoms with Crippen LogP contribution < -0.4 is 0 Å². The van der Waals surface area contributed by atoms with Crippen LogP contribution in [0.25, 0.3) is 0 Å². The van der Waals surface area contributed by atoms with Crippen molar-refractivity contribution in [1.82, 2.24) is 0 Å². The van der Waals surface area contributed by atoms with Crippen LogP contribution in [-0.2, 0) is 23.9 Å². The van der Waals surface area contributed by atoms with Gasteiger partial charge in [0, 0.05) is 23.1 Å². The Kier molecular flexibility index (Phi) is 13.4. The Bertz CT molecular complexity index is 505. The Morgan fingerprint density at radius 1 is 1.17 bits per heavy atom. The quantitative estimate of drug-likeness (QED) is 0.314. The molecule has 0 bridgehead atoms. The third-order valence-corrected chi connectivity index (χ3v) is 2.52. The Hall–Kier alpha value is -2.28. The summed E-state index contributed by atoms with van der Waals surface area (Å²) in [7, 11) is 1.25. The number of carbonyl (C=O) groups is 3. The van der Waals surface area contributed by atoms with Crippen molar-refractivity contribution in [3.8, 4) is 0 Å². The summed E-state index contributed by atoms with van der Waals surface area (Å²) >= 11 is 4.53. The van der Waals surface area contributed by atoms with Gasteiger partial charge in [0.05, 0.1) is 13.7 Å². The summed E-state index contributed by atoms with van der Waals surface area (Å²) in [6.07, 6.45) is 2.24. The van der Waals surface area contributed by atoms with Crippen molar-refractivity contribution in [2.24, 2.45) is 0 Å². The second kappa shape index (κ2) is 13.4. The predicted molar refractivity (Wildman–Crippen MR) is 91.2 cm³/mol. The first-order valence-corrected chi connectivity index (χ1v) is 7.06. The fourth-order valence-corrected chi connectivity index (χ4v) is 1.01. The summed E-state index contributed by atoms with van der Waals surface area (Å²) in [4.78, 5) is 31.8. The van der Waals surface area contributed by atoms with E-state index < -0.39 is 11.9 Å². The second-order valence-electron chi connectivity index (χ2n) is 4.36. The van der Waals surface area contributed by atoms with Crippen LogP contribution in [0.5, 0.6) is 0 Å². The molecule has 0 aliphatic heterocycles. The Morgan fingerprint density at radius 3 is 2.13 bits per heavy atom. The summed E-state index contributed by atoms with van der Waals surface area (Å²) in [6.45, 7) is 10.3. The molecule has 0 aromatic carbocycles. The fraction of sp³-hybridized carbons (Fsp3) is 0.375. The minimum atomic E-state index is -1.00. The number of methoxy groups -OCH3 is 1. The van der Waals surface area contributed by atoms with Gasteiger partial charge in [0.25, 0.3) is 0 Å². The van der Waals surface area contributed by atoms with E-state index in [1.165, 1.54) is 25.5 Å². The van der Waals surface area contributed by atoms with Crippen LogP contribution >= 0.6 is 12.2 Å². The number of carbonyl (C=O) groups excluding carboxylic acids is 2. The molecule has 0 radical (unpaired) electrons. The van der Waals surface area contributed by atoms with E-state index in [2.05, 4.69) is 30.1 Å². The van der Waals surface area contributed by atoms with Gasteiger partial charge in [-0.25, -0.2) is 14.4 Å². The Balaban J connectivity index is 0. The van der Waals surface area contributed by atoms with Crippen LogP contribution in [0.4, 0.5) is 0 Å². The first-order chi connectivity index (χ1) is 10.7. The van der Waals surface area contributed by atoms with Crippen LogP contribution in [0, 0.1) is 0 Å². The van der Waals surface area contributed by atoms with E-state index >= 15 is 0 Å². The van der Waals surface area contributed by atoms with E-state index in [0.717, 1.165) is 0 Å². The van der Waals surface area contributed by atoms with Gasteiger partial charge in [-0.05, 0) is 25.6 Å². The van der Waals surface area contributed by atoms with Crippen LogP contribution in [0.15, 0.2) is 36.0 Å². The molecule has 0 spiro atoms. The highest BCUT2D eigenvalue weighted by Gasteiger charge is 2.05. The van der Waals surface area contributed by atoms with Crippen molar-refractivity contribution in [3.05, 3.63) is 36.0 Å². The van der Waals surface area contributed by atoms with Gasteiger partial charge in [0.1, 0.15) is 0 Å². The van der Waals surface area contributed by atoms with E-state index in [1.807, 2.05) is 0 Å². The van der Waals surface area contributed by atoms with Gasteiger partial charge >= 0.3 is 17.9 Å². The number of ether oxygens (including phenoxy) is 2.